The molecule has 0 atom stereocenters. The van der Waals surface area contributed by atoms with Crippen molar-refractivity contribution in [1.29, 1.82) is 0 Å². The van der Waals surface area contributed by atoms with Crippen LogP contribution in [0.4, 0.5) is 0 Å². The summed E-state index contributed by atoms with van der Waals surface area (Å²) in [6, 6.07) is 4.60. The van der Waals surface area contributed by atoms with E-state index in [9.17, 15) is 0 Å². The smallest absolute Gasteiger partial charge is 0.209 e. The van der Waals surface area contributed by atoms with Gasteiger partial charge in [0.25, 0.3) is 0 Å². The van der Waals surface area contributed by atoms with E-state index in [2.05, 4.69) is 39.1 Å². The lowest BCUT2D eigenvalue weighted by Crippen LogP contribution is -2.08. The summed E-state index contributed by atoms with van der Waals surface area (Å²) >= 11 is 1.67. The number of tetrazole rings is 1. The van der Waals surface area contributed by atoms with Gasteiger partial charge in [-0.1, -0.05) is 30.7 Å². The molecule has 3 aromatic heterocycles. The van der Waals surface area contributed by atoms with Crippen molar-refractivity contribution in [3.8, 4) is 0 Å². The first-order chi connectivity index (χ1) is 10.8. The minimum absolute atomic E-state index is 0.473. The summed E-state index contributed by atoms with van der Waals surface area (Å²) in [4.78, 5) is 4.70. The number of thioether (sulfide) groups is 1. The Balaban J connectivity index is 1.52. The molecule has 3 heterocycles. The van der Waals surface area contributed by atoms with E-state index in [4.69, 9.17) is 4.98 Å². The van der Waals surface area contributed by atoms with Crippen LogP contribution in [0.1, 0.15) is 43.0 Å². The molecule has 0 amide bonds. The Morgan fingerprint density at radius 2 is 2.18 bits per heavy atom. The van der Waals surface area contributed by atoms with Gasteiger partial charge >= 0.3 is 0 Å². The molecule has 1 fully saturated rings. The summed E-state index contributed by atoms with van der Waals surface area (Å²) in [5.41, 5.74) is 3.27. The maximum absolute atomic E-state index is 4.70. The van der Waals surface area contributed by atoms with Crippen LogP contribution < -0.4 is 0 Å². The van der Waals surface area contributed by atoms with Gasteiger partial charge in [0.1, 0.15) is 5.65 Å². The zero-order valence-electron chi connectivity index (χ0n) is 12.5. The third-order valence-corrected chi connectivity index (χ3v) is 5.18. The zero-order valence-corrected chi connectivity index (χ0v) is 13.3. The average molecular weight is 314 g/mol. The minimum Gasteiger partial charge on any atom is -0.307 e. The summed E-state index contributed by atoms with van der Waals surface area (Å²) in [5.74, 6) is 0.786. The molecule has 114 valence electrons. The number of imidazole rings is 1. The van der Waals surface area contributed by atoms with Crippen LogP contribution >= 0.6 is 11.8 Å². The first-order valence-corrected chi connectivity index (χ1v) is 8.64. The monoisotopic (exact) mass is 314 g/mol. The molecule has 0 N–H and O–H groups in total. The van der Waals surface area contributed by atoms with E-state index >= 15 is 0 Å². The van der Waals surface area contributed by atoms with E-state index in [1.807, 2.05) is 16.9 Å². The molecule has 1 saturated carbocycles. The molecule has 0 spiro atoms. The molecule has 0 aliphatic heterocycles. The second-order valence-corrected chi connectivity index (χ2v) is 6.73. The fourth-order valence-electron chi connectivity index (χ4n) is 3.07. The van der Waals surface area contributed by atoms with Gasteiger partial charge < -0.3 is 4.40 Å². The lowest BCUT2D eigenvalue weighted by atomic mass is 10.3. The molecule has 7 heteroatoms. The van der Waals surface area contributed by atoms with Crippen LogP contribution in [0.2, 0.25) is 0 Å². The van der Waals surface area contributed by atoms with Crippen LogP contribution in [0, 0.1) is 6.92 Å². The van der Waals surface area contributed by atoms with Crippen molar-refractivity contribution in [2.75, 3.05) is 0 Å². The van der Waals surface area contributed by atoms with Gasteiger partial charge in [-0.3, -0.25) is 0 Å². The molecule has 1 aliphatic carbocycles. The Hall–Kier alpha value is -1.89. The Morgan fingerprint density at radius 3 is 3.00 bits per heavy atom. The van der Waals surface area contributed by atoms with Gasteiger partial charge in [0.2, 0.25) is 5.16 Å². The second-order valence-electron chi connectivity index (χ2n) is 5.79. The van der Waals surface area contributed by atoms with E-state index in [0.29, 0.717) is 6.04 Å². The number of fused-ring (bicyclic) bond motifs is 1. The molecule has 0 bridgehead atoms. The van der Waals surface area contributed by atoms with Gasteiger partial charge in [0.15, 0.2) is 0 Å². The summed E-state index contributed by atoms with van der Waals surface area (Å²) in [5, 5.41) is 13.1. The van der Waals surface area contributed by atoms with Crippen molar-refractivity contribution < 1.29 is 0 Å². The number of pyridine rings is 1. The summed E-state index contributed by atoms with van der Waals surface area (Å²) < 4.78 is 4.07. The Bertz CT molecular complexity index is 786. The Morgan fingerprint density at radius 1 is 1.32 bits per heavy atom. The zero-order chi connectivity index (χ0) is 14.9. The quantitative estimate of drug-likeness (QED) is 0.693. The highest BCUT2D eigenvalue weighted by molar-refractivity contribution is 7.98. The van der Waals surface area contributed by atoms with Gasteiger partial charge in [-0.15, -0.1) is 5.10 Å². The van der Waals surface area contributed by atoms with E-state index < -0.39 is 0 Å². The van der Waals surface area contributed by atoms with E-state index in [1.165, 1.54) is 31.2 Å². The molecule has 4 rings (SSSR count). The van der Waals surface area contributed by atoms with Gasteiger partial charge in [-0.2, -0.15) is 0 Å². The number of aromatic nitrogens is 6. The average Bonchev–Trinajstić information content (AvgIpc) is 3.25. The molecule has 0 aromatic carbocycles. The van der Waals surface area contributed by atoms with Crippen molar-refractivity contribution >= 4 is 17.4 Å². The lowest BCUT2D eigenvalue weighted by Gasteiger charge is -2.10. The van der Waals surface area contributed by atoms with Gasteiger partial charge in [-0.25, -0.2) is 9.67 Å². The number of rotatable bonds is 4. The maximum atomic E-state index is 4.70. The number of hydrogen-bond donors (Lipinski definition) is 0. The molecular formula is C15H18N6S. The third-order valence-electron chi connectivity index (χ3n) is 4.21. The molecule has 0 unspecified atom stereocenters. The van der Waals surface area contributed by atoms with Crippen LogP contribution in [0.5, 0.6) is 0 Å². The SMILES string of the molecule is Cc1cccn2cc(CSc3nnnn3C3CCCC3)nc12. The number of nitrogens with zero attached hydrogens (tertiary/aromatic N) is 6. The highest BCUT2D eigenvalue weighted by atomic mass is 32.2. The normalized spacial score (nSPS) is 15.9. The van der Waals surface area contributed by atoms with Crippen LogP contribution in [0.25, 0.3) is 5.65 Å². The summed E-state index contributed by atoms with van der Waals surface area (Å²) in [7, 11) is 0. The minimum atomic E-state index is 0.473. The van der Waals surface area contributed by atoms with Crippen molar-refractivity contribution in [2.24, 2.45) is 0 Å². The molecule has 0 saturated heterocycles. The van der Waals surface area contributed by atoms with Crippen molar-refractivity contribution in [2.45, 2.75) is 49.6 Å². The fraction of sp³-hybridized carbons (Fsp3) is 0.467. The standard InChI is InChI=1S/C15H18N6S/c1-11-5-4-8-20-9-12(16-14(11)20)10-22-15-17-18-19-21(15)13-6-2-3-7-13/h4-5,8-9,13H,2-3,6-7,10H2,1H3. The molecule has 1 aliphatic rings. The molecule has 22 heavy (non-hydrogen) atoms. The number of hydrogen-bond acceptors (Lipinski definition) is 5. The van der Waals surface area contributed by atoms with Gasteiger partial charge in [-0.05, 0) is 41.8 Å². The highest BCUT2D eigenvalue weighted by Gasteiger charge is 2.21. The van der Waals surface area contributed by atoms with Gasteiger partial charge in [0.05, 0.1) is 11.7 Å². The van der Waals surface area contributed by atoms with Crippen LogP contribution in [0.15, 0.2) is 29.7 Å². The summed E-state index contributed by atoms with van der Waals surface area (Å²) in [6.07, 6.45) is 9.05. The molecular weight excluding hydrogens is 296 g/mol. The first kappa shape index (κ1) is 13.8. The van der Waals surface area contributed by atoms with Gasteiger partial charge in [0, 0.05) is 18.1 Å². The predicted octanol–water partition coefficient (Wildman–Crippen LogP) is 3.04. The van der Waals surface area contributed by atoms with E-state index in [-0.39, 0.29) is 0 Å². The molecule has 0 radical (unpaired) electrons. The largest absolute Gasteiger partial charge is 0.307 e. The molecule has 3 aromatic rings. The Kier molecular flexibility index (Phi) is 3.57. The van der Waals surface area contributed by atoms with Crippen LogP contribution in [-0.2, 0) is 5.75 Å². The van der Waals surface area contributed by atoms with E-state index in [1.54, 1.807) is 11.8 Å². The van der Waals surface area contributed by atoms with E-state index in [0.717, 1.165) is 22.3 Å². The topological polar surface area (TPSA) is 60.9 Å². The molecule has 6 nitrogen and oxygen atoms in total. The Labute approximate surface area is 132 Å². The highest BCUT2D eigenvalue weighted by Crippen LogP contribution is 2.32. The van der Waals surface area contributed by atoms with Crippen molar-refractivity contribution in [1.82, 2.24) is 29.6 Å². The predicted molar refractivity (Wildman–Crippen MR) is 84.8 cm³/mol. The van der Waals surface area contributed by atoms with Crippen molar-refractivity contribution in [3.63, 3.8) is 0 Å². The fourth-order valence-corrected chi connectivity index (χ4v) is 3.90. The number of aryl methyl sites for hydroxylation is 1. The van der Waals surface area contributed by atoms with Crippen molar-refractivity contribution in [3.05, 3.63) is 35.8 Å². The lowest BCUT2D eigenvalue weighted by molar-refractivity contribution is 0.423. The third kappa shape index (κ3) is 2.49. The maximum Gasteiger partial charge on any atom is 0.209 e. The van der Waals surface area contributed by atoms with Crippen LogP contribution in [0.3, 0.4) is 0 Å². The summed E-state index contributed by atoms with van der Waals surface area (Å²) in [6.45, 7) is 2.08. The van der Waals surface area contributed by atoms with Crippen LogP contribution in [-0.4, -0.2) is 29.6 Å². The first-order valence-electron chi connectivity index (χ1n) is 7.65. The second kappa shape index (κ2) is 5.72.